The van der Waals surface area contributed by atoms with Gasteiger partial charge in [-0.25, -0.2) is 61.5 Å². The van der Waals surface area contributed by atoms with Crippen LogP contribution in [0.3, 0.4) is 0 Å². The summed E-state index contributed by atoms with van der Waals surface area (Å²) in [5.74, 6) is -16.7. The van der Waals surface area contributed by atoms with Gasteiger partial charge >= 0.3 is 0 Å². The van der Waals surface area contributed by atoms with Gasteiger partial charge in [-0.2, -0.15) is 0 Å². The van der Waals surface area contributed by atoms with Crippen molar-refractivity contribution < 1.29 is 91.4 Å². The summed E-state index contributed by atoms with van der Waals surface area (Å²) in [6.07, 6.45) is 6.35. The standard InChI is InChI=1S/2C30H36F5N3O2.C30H37F4N3O2/c2*1-4-5-8-37-13-19(14-37)29(40-3)18-10-23(32)26(24(33)11-18)28-27-22(21-12-20(31)6-7-25(21)36-27)9-17(2)38(28)15-30(34,35)16-39;1-4-5-10-36-14-20(15-36)29(3,39)19-12-23(31)26(24(32)13-19)28-27-22(21-8-6-7-9-25(21)35-27)11-18(2)37(28)16-30(33,34)17-38/h2*6-7,10-12,17,19,28-29,36,39H,4-5,8-9,13-16H2,1-3H3;6-9,12-13,18,20,28,35,38-39H,4-5,10-11,14-17H2,1-3H3/t17-,28-,29+;17-,28-,29-;18-,28-,29+/m111/s1. The minimum atomic E-state index is -3.50. The number of methoxy groups -OCH3 is 2. The number of hydrogen-bond acceptors (Lipinski definition) is 12. The minimum absolute atomic E-state index is 0.0798. The molecule has 9 aromatic rings. The number of likely N-dealkylation sites (tertiary alicyclic amines) is 3. The number of para-hydroxylation sites is 1. The predicted molar refractivity (Wildman–Crippen MR) is 429 cm³/mol. The second kappa shape index (κ2) is 36.5. The number of nitrogens with one attached hydrogen (secondary N) is 3. The maximum absolute atomic E-state index is 16.0. The molecule has 0 bridgehead atoms. The highest BCUT2D eigenvalue weighted by Crippen LogP contribution is 2.50. The molecule has 3 saturated heterocycles. The molecule has 6 aliphatic rings. The van der Waals surface area contributed by atoms with Gasteiger partial charge in [-0.1, -0.05) is 58.2 Å². The van der Waals surface area contributed by atoms with Crippen LogP contribution in [0, 0.1) is 64.3 Å². The largest absolute Gasteiger partial charge is 0.390 e. The first-order chi connectivity index (χ1) is 56.6. The number of hydrogen-bond donors (Lipinski definition) is 7. The third-order valence-electron chi connectivity index (χ3n) is 25.5. The summed E-state index contributed by atoms with van der Waals surface area (Å²) >= 11 is 0. The van der Waals surface area contributed by atoms with Crippen LogP contribution in [-0.2, 0) is 34.3 Å². The average Bonchev–Trinajstić information content (AvgIpc) is 1.68. The van der Waals surface area contributed by atoms with Crippen molar-refractivity contribution in [2.75, 3.05) is 113 Å². The lowest BCUT2D eigenvalue weighted by Gasteiger charge is -2.47. The fraction of sp³-hybridized carbons (Fsp3) is 0.533. The zero-order valence-electron chi connectivity index (χ0n) is 68.6. The fourth-order valence-electron chi connectivity index (χ4n) is 19.0. The Morgan fingerprint density at radius 2 is 0.739 bits per heavy atom. The van der Waals surface area contributed by atoms with Crippen LogP contribution < -0.4 is 0 Å². The molecule has 15 rings (SSSR count). The molecule has 119 heavy (non-hydrogen) atoms. The molecule has 15 nitrogen and oxygen atoms in total. The smallest absolute Gasteiger partial charge is 0.283 e. The maximum atomic E-state index is 16.0. The Morgan fingerprint density at radius 3 is 1.07 bits per heavy atom. The van der Waals surface area contributed by atoms with Crippen molar-refractivity contribution in [2.45, 2.75) is 178 Å². The zero-order chi connectivity index (χ0) is 85.6. The molecule has 0 aliphatic carbocycles. The predicted octanol–water partition coefficient (Wildman–Crippen LogP) is 17.3. The number of aliphatic hydroxyl groups excluding tert-OH is 3. The van der Waals surface area contributed by atoms with Gasteiger partial charge in [-0.05, 0) is 198 Å². The van der Waals surface area contributed by atoms with E-state index in [1.165, 1.54) is 89.6 Å². The van der Waals surface area contributed by atoms with Crippen molar-refractivity contribution in [3.05, 3.63) is 211 Å². The molecule has 0 saturated carbocycles. The lowest BCUT2D eigenvalue weighted by Crippen LogP contribution is -2.55. The highest BCUT2D eigenvalue weighted by atomic mass is 19.3. The van der Waals surface area contributed by atoms with Gasteiger partial charge in [0.15, 0.2) is 0 Å². The van der Waals surface area contributed by atoms with Gasteiger partial charge in [-0.3, -0.25) is 14.7 Å². The first kappa shape index (κ1) is 89.2. The number of ether oxygens (including phenoxy) is 2. The van der Waals surface area contributed by atoms with Gasteiger partial charge in [0.05, 0.1) is 55.6 Å². The van der Waals surface area contributed by atoms with Crippen LogP contribution in [0.2, 0.25) is 0 Å². The Kier molecular flexibility index (Phi) is 27.4. The van der Waals surface area contributed by atoms with Crippen molar-refractivity contribution in [1.82, 2.24) is 44.4 Å². The number of H-pyrrole nitrogens is 3. The Morgan fingerprint density at radius 1 is 0.429 bits per heavy atom. The SMILES string of the molecule is CCCCN1CC([C@@H](OC)c2cc(F)c([C@@H]3c4[nH]c5ccc(F)cc5c4C[C@@H](C)N3CC(F)(F)CO)c(F)c2)C1.CCCCN1CC([C@@](C)(O)c2cc(F)c([C@@H]3c4[nH]c5ccccc5c4C[C@@H](C)N3CC(F)(F)CO)c(F)c2)C1.CCCCN1CC([C@H](OC)c2cc(F)c([C@@H]3c4[nH]c5ccc(F)cc5c4C[C@@H](C)N3CC(F)(F)CO)c(F)c2)C1. The van der Waals surface area contributed by atoms with E-state index in [1.807, 2.05) is 24.3 Å². The molecule has 6 aliphatic heterocycles. The molecule has 3 fully saturated rings. The molecule has 9 heterocycles. The molecule has 0 unspecified atom stereocenters. The van der Waals surface area contributed by atoms with Gasteiger partial charge in [-0.15, -0.1) is 0 Å². The normalized spacial score (nSPS) is 21.9. The molecule has 0 amide bonds. The van der Waals surface area contributed by atoms with Crippen LogP contribution in [0.25, 0.3) is 32.7 Å². The highest BCUT2D eigenvalue weighted by molar-refractivity contribution is 5.87. The lowest BCUT2D eigenvalue weighted by molar-refractivity contribution is -0.0871. The summed E-state index contributed by atoms with van der Waals surface area (Å²) < 4.78 is 223. The molecule has 648 valence electrons. The number of alkyl halides is 6. The first-order valence-electron chi connectivity index (χ1n) is 41.4. The number of unbranched alkanes of at least 4 members (excludes halogenated alkanes) is 3. The number of nitrogens with zero attached hydrogens (tertiary/aromatic N) is 6. The van der Waals surface area contributed by atoms with Crippen molar-refractivity contribution in [2.24, 2.45) is 17.8 Å². The number of rotatable bonds is 29. The topological polar surface area (TPSA) is 166 Å². The Labute approximate surface area is 684 Å². The van der Waals surface area contributed by atoms with E-state index in [-0.39, 0.29) is 52.8 Å². The molecule has 29 heteroatoms. The second-order valence-corrected chi connectivity index (χ2v) is 34.1. The van der Waals surface area contributed by atoms with E-state index >= 15 is 26.3 Å². The van der Waals surface area contributed by atoms with E-state index in [1.54, 1.807) is 27.7 Å². The molecular formula is C90H109F14N9O6. The van der Waals surface area contributed by atoms with E-state index in [0.29, 0.717) is 80.7 Å². The van der Waals surface area contributed by atoms with E-state index in [4.69, 9.17) is 9.47 Å². The highest BCUT2D eigenvalue weighted by Gasteiger charge is 2.50. The van der Waals surface area contributed by atoms with Crippen LogP contribution in [0.15, 0.2) is 97.1 Å². The molecule has 6 aromatic carbocycles. The Hall–Kier alpha value is -7.52. The Bertz CT molecular complexity index is 4750. The van der Waals surface area contributed by atoms with Gasteiger partial charge < -0.3 is 59.6 Å². The van der Waals surface area contributed by atoms with Crippen molar-refractivity contribution >= 4 is 32.7 Å². The van der Waals surface area contributed by atoms with Crippen molar-refractivity contribution in [3.63, 3.8) is 0 Å². The van der Waals surface area contributed by atoms with Crippen LogP contribution in [-0.4, -0.2) is 213 Å². The van der Waals surface area contributed by atoms with Gasteiger partial charge in [0.2, 0.25) is 0 Å². The second-order valence-electron chi connectivity index (χ2n) is 34.1. The van der Waals surface area contributed by atoms with Crippen LogP contribution >= 0.6 is 0 Å². The lowest BCUT2D eigenvalue weighted by atomic mass is 9.77. The number of benzene rings is 6. The molecule has 3 aromatic heterocycles. The number of aromatic amines is 3. The van der Waals surface area contributed by atoms with Crippen molar-refractivity contribution in [3.8, 4) is 0 Å². The zero-order valence-corrected chi connectivity index (χ0v) is 68.6. The van der Waals surface area contributed by atoms with Gasteiger partial charge in [0, 0.05) is 156 Å². The number of halogens is 14. The summed E-state index contributed by atoms with van der Waals surface area (Å²) in [5, 5.41) is 41.2. The molecule has 7 N–H and O–H groups in total. The molecule has 0 spiro atoms. The monoisotopic (exact) mass is 1680 g/mol. The summed E-state index contributed by atoms with van der Waals surface area (Å²) in [5.41, 5.74) is 3.42. The fourth-order valence-corrected chi connectivity index (χ4v) is 19.0. The summed E-state index contributed by atoms with van der Waals surface area (Å²) in [6.45, 7) is 13.4. The molecule has 9 atom stereocenters. The third kappa shape index (κ3) is 18.4. The van der Waals surface area contributed by atoms with Crippen LogP contribution in [0.1, 0.15) is 184 Å². The molecule has 0 radical (unpaired) electrons. The van der Waals surface area contributed by atoms with E-state index in [9.17, 15) is 55.5 Å². The average molecular weight is 1680 g/mol. The van der Waals surface area contributed by atoms with Crippen LogP contribution in [0.5, 0.6) is 0 Å². The summed E-state index contributed by atoms with van der Waals surface area (Å²) in [6, 6.07) is 17.7. The van der Waals surface area contributed by atoms with Gasteiger partial charge in [0.25, 0.3) is 17.8 Å². The number of aromatic nitrogens is 3. The Balaban J connectivity index is 0.000000155. The third-order valence-corrected chi connectivity index (χ3v) is 25.5. The summed E-state index contributed by atoms with van der Waals surface area (Å²) in [4.78, 5) is 20.3. The van der Waals surface area contributed by atoms with E-state index < -0.39 is 158 Å². The van der Waals surface area contributed by atoms with E-state index in [0.717, 1.165) is 113 Å². The first-order valence-corrected chi connectivity index (χ1v) is 41.4. The quantitative estimate of drug-likeness (QED) is 0.0222. The summed E-state index contributed by atoms with van der Waals surface area (Å²) in [7, 11) is 3.03. The maximum Gasteiger partial charge on any atom is 0.283 e. The number of fused-ring (bicyclic) bond motifs is 9. The van der Waals surface area contributed by atoms with Crippen LogP contribution in [0.4, 0.5) is 61.5 Å². The van der Waals surface area contributed by atoms with Crippen molar-refractivity contribution in [1.29, 1.82) is 0 Å². The molecular weight excluding hydrogens is 1570 g/mol. The minimum Gasteiger partial charge on any atom is -0.390 e. The van der Waals surface area contributed by atoms with Gasteiger partial charge in [0.1, 0.15) is 66.4 Å². The number of aliphatic hydroxyl groups is 4. The van der Waals surface area contributed by atoms with E-state index in [2.05, 4.69) is 50.4 Å².